The second-order valence-electron chi connectivity index (χ2n) is 4.76. The molecule has 6 nitrogen and oxygen atoms in total. The van der Waals surface area contributed by atoms with Crippen LogP contribution in [-0.2, 0) is 0 Å². The molecule has 1 aromatic heterocycles. The van der Waals surface area contributed by atoms with Crippen LogP contribution in [0.5, 0.6) is 6.01 Å². The number of rotatable bonds is 7. The first-order valence-electron chi connectivity index (χ1n) is 7.08. The lowest BCUT2D eigenvalue weighted by Gasteiger charge is -2.31. The standard InChI is InChI=1S/C13H23N5O/c1-4-18(9-10-7-6-8-10)12-15-11(14-3)16-13(17-12)19-5-2/h10H,4-9H2,1-3H3,(H,14,15,16,17). The Hall–Kier alpha value is -1.59. The molecule has 0 atom stereocenters. The number of nitrogens with one attached hydrogen (secondary N) is 1. The van der Waals surface area contributed by atoms with E-state index in [9.17, 15) is 0 Å². The Labute approximate surface area is 114 Å². The molecular formula is C13H23N5O. The monoisotopic (exact) mass is 265 g/mol. The van der Waals surface area contributed by atoms with Gasteiger partial charge < -0.3 is 15.0 Å². The third kappa shape index (κ3) is 3.45. The Bertz CT molecular complexity index is 408. The van der Waals surface area contributed by atoms with Crippen LogP contribution in [0.2, 0.25) is 0 Å². The van der Waals surface area contributed by atoms with Gasteiger partial charge in [0.25, 0.3) is 0 Å². The van der Waals surface area contributed by atoms with Gasteiger partial charge in [0.15, 0.2) is 0 Å². The van der Waals surface area contributed by atoms with Gasteiger partial charge in [-0.1, -0.05) is 6.42 Å². The molecule has 6 heteroatoms. The molecule has 0 aliphatic heterocycles. The number of hydrogen-bond donors (Lipinski definition) is 1. The van der Waals surface area contributed by atoms with Gasteiger partial charge >= 0.3 is 6.01 Å². The van der Waals surface area contributed by atoms with E-state index in [1.807, 2.05) is 6.92 Å². The van der Waals surface area contributed by atoms with E-state index < -0.39 is 0 Å². The fraction of sp³-hybridized carbons (Fsp3) is 0.769. The fourth-order valence-electron chi connectivity index (χ4n) is 2.13. The topological polar surface area (TPSA) is 63.2 Å². The molecule has 0 unspecified atom stereocenters. The molecule has 19 heavy (non-hydrogen) atoms. The zero-order valence-corrected chi connectivity index (χ0v) is 12.0. The van der Waals surface area contributed by atoms with Crippen molar-refractivity contribution in [3.8, 4) is 6.01 Å². The highest BCUT2D eigenvalue weighted by Gasteiger charge is 2.22. The van der Waals surface area contributed by atoms with Gasteiger partial charge in [-0.15, -0.1) is 0 Å². The van der Waals surface area contributed by atoms with Crippen LogP contribution in [0.3, 0.4) is 0 Å². The fourth-order valence-corrected chi connectivity index (χ4v) is 2.13. The molecule has 0 bridgehead atoms. The zero-order chi connectivity index (χ0) is 13.7. The predicted molar refractivity (Wildman–Crippen MR) is 75.8 cm³/mol. The van der Waals surface area contributed by atoms with Crippen molar-refractivity contribution < 1.29 is 4.74 Å². The summed E-state index contributed by atoms with van der Waals surface area (Å²) in [5, 5.41) is 2.96. The molecule has 0 amide bonds. The van der Waals surface area contributed by atoms with Gasteiger partial charge in [0.05, 0.1) is 6.61 Å². The quantitative estimate of drug-likeness (QED) is 0.813. The van der Waals surface area contributed by atoms with Crippen LogP contribution in [0, 0.1) is 5.92 Å². The normalized spacial score (nSPS) is 14.9. The second-order valence-corrected chi connectivity index (χ2v) is 4.76. The van der Waals surface area contributed by atoms with E-state index in [0.717, 1.165) is 19.0 Å². The van der Waals surface area contributed by atoms with E-state index in [1.165, 1.54) is 19.3 Å². The molecule has 1 aliphatic rings. The van der Waals surface area contributed by atoms with E-state index in [4.69, 9.17) is 4.74 Å². The van der Waals surface area contributed by atoms with Crippen LogP contribution in [0.15, 0.2) is 0 Å². The van der Waals surface area contributed by atoms with Crippen LogP contribution >= 0.6 is 0 Å². The van der Waals surface area contributed by atoms with Gasteiger partial charge in [-0.25, -0.2) is 0 Å². The van der Waals surface area contributed by atoms with Gasteiger partial charge in [-0.3, -0.25) is 0 Å². The maximum Gasteiger partial charge on any atom is 0.323 e. The minimum absolute atomic E-state index is 0.393. The van der Waals surface area contributed by atoms with Crippen LogP contribution in [-0.4, -0.2) is 41.7 Å². The Morgan fingerprint density at radius 1 is 1.26 bits per heavy atom. The molecule has 0 spiro atoms. The largest absolute Gasteiger partial charge is 0.464 e. The minimum atomic E-state index is 0.393. The first-order valence-corrected chi connectivity index (χ1v) is 7.08. The number of ether oxygens (including phenoxy) is 1. The highest BCUT2D eigenvalue weighted by Crippen LogP contribution is 2.28. The van der Waals surface area contributed by atoms with Crippen LogP contribution < -0.4 is 15.0 Å². The van der Waals surface area contributed by atoms with Gasteiger partial charge in [0.2, 0.25) is 11.9 Å². The Morgan fingerprint density at radius 2 is 2.05 bits per heavy atom. The van der Waals surface area contributed by atoms with Crippen molar-refractivity contribution in [3.63, 3.8) is 0 Å². The summed E-state index contributed by atoms with van der Waals surface area (Å²) >= 11 is 0. The number of hydrogen-bond acceptors (Lipinski definition) is 6. The van der Waals surface area contributed by atoms with Crippen LogP contribution in [0.1, 0.15) is 33.1 Å². The van der Waals surface area contributed by atoms with Crippen molar-refractivity contribution in [3.05, 3.63) is 0 Å². The van der Waals surface area contributed by atoms with Gasteiger partial charge in [0.1, 0.15) is 0 Å². The molecule has 1 aliphatic carbocycles. The average molecular weight is 265 g/mol. The van der Waals surface area contributed by atoms with Crippen LogP contribution in [0.4, 0.5) is 11.9 Å². The van der Waals surface area contributed by atoms with Crippen molar-refractivity contribution in [2.24, 2.45) is 5.92 Å². The van der Waals surface area contributed by atoms with Gasteiger partial charge in [-0.2, -0.15) is 15.0 Å². The summed E-state index contributed by atoms with van der Waals surface area (Å²) in [4.78, 5) is 15.2. The lowest BCUT2D eigenvalue weighted by Crippen LogP contribution is -2.34. The number of aromatic nitrogens is 3. The highest BCUT2D eigenvalue weighted by atomic mass is 16.5. The molecule has 2 rings (SSSR count). The van der Waals surface area contributed by atoms with Crippen molar-refractivity contribution in [1.29, 1.82) is 0 Å². The van der Waals surface area contributed by atoms with Crippen molar-refractivity contribution in [2.45, 2.75) is 33.1 Å². The molecule has 0 aromatic carbocycles. The van der Waals surface area contributed by atoms with E-state index in [2.05, 4.69) is 32.1 Å². The Kier molecular flexibility index (Phi) is 4.76. The molecule has 106 valence electrons. The van der Waals surface area contributed by atoms with Crippen LogP contribution in [0.25, 0.3) is 0 Å². The summed E-state index contributed by atoms with van der Waals surface area (Å²) in [5.41, 5.74) is 0. The Balaban J connectivity index is 2.16. The summed E-state index contributed by atoms with van der Waals surface area (Å²) in [6.07, 6.45) is 3.99. The number of anilines is 2. The molecule has 0 saturated heterocycles. The molecule has 0 radical (unpaired) electrons. The summed E-state index contributed by atoms with van der Waals surface area (Å²) in [6, 6.07) is 0.393. The summed E-state index contributed by atoms with van der Waals surface area (Å²) in [7, 11) is 1.80. The summed E-state index contributed by atoms with van der Waals surface area (Å²) in [6.45, 7) is 6.53. The maximum absolute atomic E-state index is 5.40. The molecule has 1 N–H and O–H groups in total. The zero-order valence-electron chi connectivity index (χ0n) is 12.0. The number of nitrogens with zero attached hydrogens (tertiary/aromatic N) is 4. The third-order valence-electron chi connectivity index (χ3n) is 3.47. The molecule has 1 fully saturated rings. The Morgan fingerprint density at radius 3 is 2.58 bits per heavy atom. The molecule has 1 aromatic rings. The average Bonchev–Trinajstić information content (AvgIpc) is 2.37. The van der Waals surface area contributed by atoms with E-state index in [1.54, 1.807) is 7.05 Å². The lowest BCUT2D eigenvalue weighted by molar-refractivity contribution is 0.307. The minimum Gasteiger partial charge on any atom is -0.464 e. The molecular weight excluding hydrogens is 242 g/mol. The second kappa shape index (κ2) is 6.54. The van der Waals surface area contributed by atoms with E-state index in [-0.39, 0.29) is 0 Å². The van der Waals surface area contributed by atoms with Crippen molar-refractivity contribution in [2.75, 3.05) is 37.0 Å². The van der Waals surface area contributed by atoms with Crippen molar-refractivity contribution in [1.82, 2.24) is 15.0 Å². The molecule has 1 heterocycles. The first-order chi connectivity index (χ1) is 9.26. The van der Waals surface area contributed by atoms with E-state index >= 15 is 0 Å². The lowest BCUT2D eigenvalue weighted by atomic mass is 9.85. The smallest absolute Gasteiger partial charge is 0.323 e. The van der Waals surface area contributed by atoms with Gasteiger partial charge in [0, 0.05) is 20.1 Å². The van der Waals surface area contributed by atoms with Gasteiger partial charge in [-0.05, 0) is 32.6 Å². The third-order valence-corrected chi connectivity index (χ3v) is 3.47. The first kappa shape index (κ1) is 13.8. The maximum atomic E-state index is 5.40. The highest BCUT2D eigenvalue weighted by molar-refractivity contribution is 5.38. The SMILES string of the molecule is CCOc1nc(NC)nc(N(CC)CC2CCC2)n1. The summed E-state index contributed by atoms with van der Waals surface area (Å²) < 4.78 is 5.40. The van der Waals surface area contributed by atoms with E-state index in [0.29, 0.717) is 24.5 Å². The van der Waals surface area contributed by atoms with Crippen molar-refractivity contribution >= 4 is 11.9 Å². The predicted octanol–water partition coefficient (Wildman–Crippen LogP) is 1.94. The molecule has 1 saturated carbocycles. The summed E-state index contributed by atoms with van der Waals surface area (Å²) in [5.74, 6) is 2.04.